The first kappa shape index (κ1) is 12.5. The molecule has 16 heavy (non-hydrogen) atoms. The summed E-state index contributed by atoms with van der Waals surface area (Å²) in [5.41, 5.74) is 0. The second-order valence-electron chi connectivity index (χ2n) is 3.28. The van der Waals surface area contributed by atoms with Crippen LogP contribution in [0.4, 0.5) is 8.78 Å². The molecule has 1 rings (SSSR count). The lowest BCUT2D eigenvalue weighted by Gasteiger charge is -2.16. The second-order valence-corrected chi connectivity index (χ2v) is 3.28. The number of carbonyl (C=O) groups excluding carboxylic acids is 1. The zero-order valence-electron chi connectivity index (χ0n) is 8.60. The molecule has 1 amide bonds. The summed E-state index contributed by atoms with van der Waals surface area (Å²) in [6.45, 7) is -0.701. The number of nitrogens with one attached hydrogen (secondary N) is 1. The third kappa shape index (κ3) is 3.23. The highest BCUT2D eigenvalue weighted by Gasteiger charge is 2.29. The molecule has 1 aromatic heterocycles. The molecular formula is C8H12F2N4O2. The number of alkyl halides is 2. The number of rotatable bonds is 5. The minimum absolute atomic E-state index is 0.612. The van der Waals surface area contributed by atoms with Crippen molar-refractivity contribution in [2.75, 3.05) is 13.2 Å². The molecule has 0 radical (unpaired) electrons. The maximum atomic E-state index is 12.6. The monoisotopic (exact) mass is 234 g/mol. The van der Waals surface area contributed by atoms with Crippen LogP contribution in [0.25, 0.3) is 0 Å². The van der Waals surface area contributed by atoms with Crippen LogP contribution in [0, 0.1) is 0 Å². The molecule has 0 spiro atoms. The molecule has 8 heteroatoms. The number of aromatic nitrogens is 3. The van der Waals surface area contributed by atoms with Gasteiger partial charge in [-0.25, -0.2) is 18.4 Å². The maximum absolute atomic E-state index is 12.6. The molecule has 0 saturated heterocycles. The van der Waals surface area contributed by atoms with Gasteiger partial charge in [0.05, 0.1) is 6.54 Å². The van der Waals surface area contributed by atoms with Crippen LogP contribution in [0.15, 0.2) is 12.7 Å². The van der Waals surface area contributed by atoms with Gasteiger partial charge >= 0.3 is 0 Å². The number of nitrogens with zero attached hydrogens (tertiary/aromatic N) is 3. The highest BCUT2D eigenvalue weighted by Crippen LogP contribution is 2.10. The number of amides is 1. The van der Waals surface area contributed by atoms with E-state index in [2.05, 4.69) is 10.1 Å². The lowest BCUT2D eigenvalue weighted by Crippen LogP contribution is -2.41. The average Bonchev–Trinajstić information content (AvgIpc) is 2.78. The van der Waals surface area contributed by atoms with E-state index in [1.807, 2.05) is 5.32 Å². The molecule has 6 nitrogen and oxygen atoms in total. The van der Waals surface area contributed by atoms with Gasteiger partial charge in [-0.2, -0.15) is 5.10 Å². The van der Waals surface area contributed by atoms with E-state index in [9.17, 15) is 13.6 Å². The van der Waals surface area contributed by atoms with Crippen LogP contribution in [0.3, 0.4) is 0 Å². The van der Waals surface area contributed by atoms with E-state index in [0.717, 1.165) is 0 Å². The molecular weight excluding hydrogens is 222 g/mol. The van der Waals surface area contributed by atoms with Crippen molar-refractivity contribution >= 4 is 5.91 Å². The Kier molecular flexibility index (Phi) is 3.88. The lowest BCUT2D eigenvalue weighted by atomic mass is 10.3. The predicted molar refractivity (Wildman–Crippen MR) is 49.8 cm³/mol. The summed E-state index contributed by atoms with van der Waals surface area (Å²) in [5, 5.41) is 14.0. The summed E-state index contributed by atoms with van der Waals surface area (Å²) in [5.74, 6) is -3.92. The fourth-order valence-electron chi connectivity index (χ4n) is 0.958. The average molecular weight is 234 g/mol. The molecule has 0 saturated carbocycles. The summed E-state index contributed by atoms with van der Waals surface area (Å²) in [6.07, 6.45) is 2.56. The van der Waals surface area contributed by atoms with Gasteiger partial charge in [0.15, 0.2) is 0 Å². The molecule has 0 aliphatic heterocycles. The quantitative estimate of drug-likeness (QED) is 0.725. The van der Waals surface area contributed by atoms with Crippen LogP contribution in [0.1, 0.15) is 13.0 Å². The Balaban J connectivity index is 2.47. The highest BCUT2D eigenvalue weighted by molar-refractivity contribution is 5.79. The van der Waals surface area contributed by atoms with Gasteiger partial charge in [-0.05, 0) is 6.92 Å². The highest BCUT2D eigenvalue weighted by atomic mass is 19.3. The summed E-state index contributed by atoms with van der Waals surface area (Å²) in [6, 6.07) is -0.725. The second kappa shape index (κ2) is 4.97. The van der Waals surface area contributed by atoms with Gasteiger partial charge in [-0.1, -0.05) is 0 Å². The first-order chi connectivity index (χ1) is 7.46. The molecule has 1 aromatic rings. The Morgan fingerprint density at radius 1 is 1.69 bits per heavy atom. The summed E-state index contributed by atoms with van der Waals surface area (Å²) in [7, 11) is 0. The normalized spacial score (nSPS) is 13.5. The van der Waals surface area contributed by atoms with Crippen molar-refractivity contribution in [3.63, 3.8) is 0 Å². The van der Waals surface area contributed by atoms with Gasteiger partial charge < -0.3 is 10.4 Å². The largest absolute Gasteiger partial charge is 0.390 e. The molecule has 90 valence electrons. The van der Waals surface area contributed by atoms with Gasteiger partial charge in [-0.3, -0.25) is 4.79 Å². The van der Waals surface area contributed by atoms with Crippen LogP contribution in [-0.2, 0) is 4.79 Å². The summed E-state index contributed by atoms with van der Waals surface area (Å²) < 4.78 is 26.5. The standard InChI is InChI=1S/C8H12F2N4O2/c1-6(14-5-11-4-13-14)7(16)12-2-8(9,10)3-15/h4-6,15H,2-3H2,1H3,(H,12,16). The van der Waals surface area contributed by atoms with E-state index < -0.39 is 31.0 Å². The van der Waals surface area contributed by atoms with Gasteiger partial charge in [0, 0.05) is 0 Å². The SMILES string of the molecule is CC(C(=O)NCC(F)(F)CO)n1cncn1. The number of carbonyl (C=O) groups is 1. The van der Waals surface area contributed by atoms with E-state index >= 15 is 0 Å². The molecule has 1 heterocycles. The number of aliphatic hydroxyl groups is 1. The fourth-order valence-corrected chi connectivity index (χ4v) is 0.958. The fraction of sp³-hybridized carbons (Fsp3) is 0.625. The molecule has 2 N–H and O–H groups in total. The Morgan fingerprint density at radius 2 is 2.38 bits per heavy atom. The van der Waals surface area contributed by atoms with Crippen LogP contribution < -0.4 is 5.32 Å². The summed E-state index contributed by atoms with van der Waals surface area (Å²) in [4.78, 5) is 15.0. The van der Waals surface area contributed by atoms with Crippen molar-refractivity contribution in [2.24, 2.45) is 0 Å². The van der Waals surface area contributed by atoms with Gasteiger partial charge in [0.25, 0.3) is 5.92 Å². The molecule has 0 bridgehead atoms. The zero-order chi connectivity index (χ0) is 12.2. The lowest BCUT2D eigenvalue weighted by molar-refractivity contribution is -0.127. The minimum Gasteiger partial charge on any atom is -0.390 e. The molecule has 0 aromatic carbocycles. The minimum atomic E-state index is -3.31. The van der Waals surface area contributed by atoms with Gasteiger partial charge in [-0.15, -0.1) is 0 Å². The van der Waals surface area contributed by atoms with Crippen molar-refractivity contribution in [2.45, 2.75) is 18.9 Å². The van der Waals surface area contributed by atoms with Crippen molar-refractivity contribution in [3.8, 4) is 0 Å². The molecule has 0 aliphatic carbocycles. The number of halogens is 2. The van der Waals surface area contributed by atoms with Crippen molar-refractivity contribution in [1.29, 1.82) is 0 Å². The van der Waals surface area contributed by atoms with Crippen LogP contribution in [-0.4, -0.2) is 44.9 Å². The summed E-state index contributed by atoms with van der Waals surface area (Å²) >= 11 is 0. The third-order valence-electron chi connectivity index (χ3n) is 1.97. The van der Waals surface area contributed by atoms with E-state index in [0.29, 0.717) is 0 Å². The number of hydrogen-bond donors (Lipinski definition) is 2. The topological polar surface area (TPSA) is 80.0 Å². The molecule has 1 atom stereocenters. The Morgan fingerprint density at radius 3 is 2.88 bits per heavy atom. The predicted octanol–water partition coefficient (Wildman–Crippen LogP) is -0.417. The Bertz CT molecular complexity index is 342. The smallest absolute Gasteiger partial charge is 0.287 e. The Labute approximate surface area is 90.3 Å². The van der Waals surface area contributed by atoms with Gasteiger partial charge in [0.1, 0.15) is 25.3 Å². The zero-order valence-corrected chi connectivity index (χ0v) is 8.60. The first-order valence-electron chi connectivity index (χ1n) is 4.57. The number of hydrogen-bond acceptors (Lipinski definition) is 4. The van der Waals surface area contributed by atoms with Crippen LogP contribution in [0.5, 0.6) is 0 Å². The van der Waals surface area contributed by atoms with Crippen LogP contribution in [0.2, 0.25) is 0 Å². The van der Waals surface area contributed by atoms with Crippen molar-refractivity contribution in [3.05, 3.63) is 12.7 Å². The van der Waals surface area contributed by atoms with E-state index in [1.54, 1.807) is 0 Å². The Hall–Kier alpha value is -1.57. The maximum Gasteiger partial charge on any atom is 0.287 e. The molecule has 0 fully saturated rings. The third-order valence-corrected chi connectivity index (χ3v) is 1.97. The molecule has 1 unspecified atom stereocenters. The van der Waals surface area contributed by atoms with Crippen LogP contribution >= 0.6 is 0 Å². The van der Waals surface area contributed by atoms with E-state index in [-0.39, 0.29) is 0 Å². The van der Waals surface area contributed by atoms with Gasteiger partial charge in [0.2, 0.25) is 5.91 Å². The van der Waals surface area contributed by atoms with E-state index in [1.165, 1.54) is 24.3 Å². The van der Waals surface area contributed by atoms with Crippen molar-refractivity contribution < 1.29 is 18.7 Å². The first-order valence-corrected chi connectivity index (χ1v) is 4.57. The van der Waals surface area contributed by atoms with Crippen molar-refractivity contribution in [1.82, 2.24) is 20.1 Å². The molecule has 0 aliphatic rings. The number of aliphatic hydroxyl groups excluding tert-OH is 1. The van der Waals surface area contributed by atoms with E-state index in [4.69, 9.17) is 5.11 Å².